The average molecular weight is 462 g/mol. The van der Waals surface area contributed by atoms with Crippen molar-refractivity contribution in [3.8, 4) is 5.69 Å². The normalized spacial score (nSPS) is 12.0. The first-order chi connectivity index (χ1) is 16.0. The fourth-order valence-corrected chi connectivity index (χ4v) is 4.36. The molecule has 7 nitrogen and oxygen atoms in total. The van der Waals surface area contributed by atoms with Crippen LogP contribution in [0.2, 0.25) is 0 Å². The molecule has 0 saturated carbocycles. The highest BCUT2D eigenvalue weighted by Gasteiger charge is 2.17. The highest BCUT2D eigenvalue weighted by molar-refractivity contribution is 7.98. The third-order valence-electron chi connectivity index (χ3n) is 5.25. The van der Waals surface area contributed by atoms with Gasteiger partial charge in [0.15, 0.2) is 10.9 Å². The van der Waals surface area contributed by atoms with Gasteiger partial charge in [0.1, 0.15) is 12.1 Å². The van der Waals surface area contributed by atoms with Crippen molar-refractivity contribution in [2.45, 2.75) is 50.6 Å². The number of aromatic nitrogens is 4. The van der Waals surface area contributed by atoms with E-state index in [0.29, 0.717) is 11.6 Å². The Labute approximate surface area is 197 Å². The molecule has 4 aromatic rings. The molecule has 2 heterocycles. The van der Waals surface area contributed by atoms with E-state index >= 15 is 0 Å². The number of carbonyl (C=O) groups excluding carboxylic acids is 1. The lowest BCUT2D eigenvalue weighted by atomic mass is 10.1. The maximum absolute atomic E-state index is 12.6. The van der Waals surface area contributed by atoms with E-state index in [2.05, 4.69) is 51.7 Å². The lowest BCUT2D eigenvalue weighted by Crippen LogP contribution is -2.33. The second kappa shape index (κ2) is 10.5. The molecule has 0 radical (unpaired) electrons. The van der Waals surface area contributed by atoms with Crippen molar-refractivity contribution < 1.29 is 9.21 Å². The van der Waals surface area contributed by atoms with Gasteiger partial charge in [-0.05, 0) is 56.9 Å². The number of benzene rings is 2. The van der Waals surface area contributed by atoms with Crippen LogP contribution >= 0.6 is 11.8 Å². The molecular formula is C25H27N5O2S. The second-order valence-electron chi connectivity index (χ2n) is 8.02. The highest BCUT2D eigenvalue weighted by Crippen LogP contribution is 2.25. The van der Waals surface area contributed by atoms with Crippen molar-refractivity contribution in [3.63, 3.8) is 0 Å². The van der Waals surface area contributed by atoms with Gasteiger partial charge in [-0.15, -0.1) is 10.2 Å². The van der Waals surface area contributed by atoms with E-state index in [1.807, 2.05) is 48.7 Å². The summed E-state index contributed by atoms with van der Waals surface area (Å²) < 4.78 is 7.54. The summed E-state index contributed by atoms with van der Waals surface area (Å²) in [5.41, 5.74) is 3.72. The molecule has 0 aliphatic heterocycles. The van der Waals surface area contributed by atoms with Crippen LogP contribution in [0.25, 0.3) is 5.69 Å². The third kappa shape index (κ3) is 5.90. The zero-order valence-corrected chi connectivity index (χ0v) is 19.8. The van der Waals surface area contributed by atoms with Gasteiger partial charge in [0.05, 0.1) is 5.75 Å². The molecule has 8 heteroatoms. The van der Waals surface area contributed by atoms with Gasteiger partial charge in [-0.2, -0.15) is 0 Å². The molecule has 0 bridgehead atoms. The fraction of sp³-hybridized carbons (Fsp3) is 0.280. The average Bonchev–Trinajstić information content (AvgIpc) is 3.43. The molecule has 33 heavy (non-hydrogen) atoms. The van der Waals surface area contributed by atoms with Gasteiger partial charge in [-0.3, -0.25) is 9.36 Å². The van der Waals surface area contributed by atoms with Crippen molar-refractivity contribution in [2.75, 3.05) is 0 Å². The number of amides is 1. The van der Waals surface area contributed by atoms with Crippen molar-refractivity contribution in [3.05, 3.63) is 89.4 Å². The predicted octanol–water partition coefficient (Wildman–Crippen LogP) is 4.92. The maximum atomic E-state index is 12.6. The minimum Gasteiger partial charge on any atom is -0.447 e. The summed E-state index contributed by atoms with van der Waals surface area (Å²) in [5.74, 6) is 1.49. The van der Waals surface area contributed by atoms with Gasteiger partial charge < -0.3 is 9.73 Å². The Hall–Kier alpha value is -3.39. The Balaban J connectivity index is 1.33. The lowest BCUT2D eigenvalue weighted by molar-refractivity contribution is 0.0933. The smallest absolute Gasteiger partial charge is 0.273 e. The molecule has 1 N–H and O–H groups in total. The second-order valence-corrected chi connectivity index (χ2v) is 8.96. The molecule has 1 unspecified atom stereocenters. The molecular weight excluding hydrogens is 434 g/mol. The number of aryl methyl sites for hydroxylation is 3. The number of thioether (sulfide) groups is 1. The number of nitrogens with zero attached hydrogens (tertiary/aromatic N) is 4. The molecule has 0 spiro atoms. The summed E-state index contributed by atoms with van der Waals surface area (Å²) in [6.45, 7) is 5.97. The lowest BCUT2D eigenvalue weighted by Gasteiger charge is -2.12. The number of oxazole rings is 1. The van der Waals surface area contributed by atoms with E-state index in [9.17, 15) is 4.79 Å². The first-order valence-corrected chi connectivity index (χ1v) is 11.9. The standard InChI is InChI=1S/C25H27N5O2S/c1-17-8-7-11-21(14-17)30-19(3)28-29-25(30)33-16-23-27-22(15-32-23)24(31)26-18(2)12-13-20-9-5-4-6-10-20/h4-11,14-15,18H,12-13,16H2,1-3H3,(H,26,31). The highest BCUT2D eigenvalue weighted by atomic mass is 32.2. The van der Waals surface area contributed by atoms with Crippen molar-refractivity contribution in [2.24, 2.45) is 0 Å². The topological polar surface area (TPSA) is 85.8 Å². The first kappa shape index (κ1) is 22.8. The van der Waals surface area contributed by atoms with E-state index in [0.717, 1.165) is 35.1 Å². The number of carbonyl (C=O) groups is 1. The van der Waals surface area contributed by atoms with Crippen LogP contribution < -0.4 is 5.32 Å². The molecule has 1 atom stereocenters. The van der Waals surface area contributed by atoms with E-state index < -0.39 is 0 Å². The summed E-state index contributed by atoms with van der Waals surface area (Å²) in [7, 11) is 0. The molecule has 2 aromatic carbocycles. The van der Waals surface area contributed by atoms with Gasteiger partial charge in [-0.1, -0.05) is 54.2 Å². The minimum atomic E-state index is -0.227. The number of hydrogen-bond donors (Lipinski definition) is 1. The molecule has 0 saturated heterocycles. The molecule has 4 rings (SSSR count). The van der Waals surface area contributed by atoms with Gasteiger partial charge in [-0.25, -0.2) is 4.98 Å². The number of rotatable bonds is 9. The van der Waals surface area contributed by atoms with Crippen LogP contribution in [0, 0.1) is 13.8 Å². The fourth-order valence-electron chi connectivity index (χ4n) is 3.51. The molecule has 0 aliphatic rings. The Morgan fingerprint density at radius 3 is 2.73 bits per heavy atom. The summed E-state index contributed by atoms with van der Waals surface area (Å²) in [4.78, 5) is 16.9. The quantitative estimate of drug-likeness (QED) is 0.356. The number of nitrogens with one attached hydrogen (secondary N) is 1. The molecule has 2 aromatic heterocycles. The minimum absolute atomic E-state index is 0.0306. The molecule has 1 amide bonds. The molecule has 0 aliphatic carbocycles. The largest absolute Gasteiger partial charge is 0.447 e. The Morgan fingerprint density at radius 1 is 1.12 bits per heavy atom. The summed E-state index contributed by atoms with van der Waals surface area (Å²) in [6, 6.07) is 18.5. The maximum Gasteiger partial charge on any atom is 0.273 e. The van der Waals surface area contributed by atoms with Crippen LogP contribution in [-0.4, -0.2) is 31.7 Å². The van der Waals surface area contributed by atoms with Crippen LogP contribution in [0.15, 0.2) is 70.4 Å². The SMILES string of the molecule is Cc1cccc(-n2c(C)nnc2SCc2nc(C(=O)NC(C)CCc3ccccc3)co2)c1. The van der Waals surface area contributed by atoms with Crippen LogP contribution in [0.3, 0.4) is 0 Å². The van der Waals surface area contributed by atoms with E-state index in [1.54, 1.807) is 0 Å². The van der Waals surface area contributed by atoms with Gasteiger partial charge in [0, 0.05) is 11.7 Å². The first-order valence-electron chi connectivity index (χ1n) is 10.9. The van der Waals surface area contributed by atoms with Crippen LogP contribution in [0.4, 0.5) is 0 Å². The van der Waals surface area contributed by atoms with E-state index in [4.69, 9.17) is 4.42 Å². The Kier molecular flexibility index (Phi) is 7.24. The zero-order chi connectivity index (χ0) is 23.2. The van der Waals surface area contributed by atoms with E-state index in [-0.39, 0.29) is 17.6 Å². The molecule has 0 fully saturated rings. The predicted molar refractivity (Wildman–Crippen MR) is 129 cm³/mol. The van der Waals surface area contributed by atoms with Crippen molar-refractivity contribution >= 4 is 17.7 Å². The van der Waals surface area contributed by atoms with Crippen LogP contribution in [0.5, 0.6) is 0 Å². The van der Waals surface area contributed by atoms with Gasteiger partial charge in [0.25, 0.3) is 5.91 Å². The van der Waals surface area contributed by atoms with Crippen LogP contribution in [-0.2, 0) is 12.2 Å². The monoisotopic (exact) mass is 461 g/mol. The summed E-state index contributed by atoms with van der Waals surface area (Å²) in [5, 5.41) is 12.3. The van der Waals surface area contributed by atoms with Crippen LogP contribution in [0.1, 0.15) is 46.7 Å². The van der Waals surface area contributed by atoms with Gasteiger partial charge >= 0.3 is 0 Å². The molecule has 170 valence electrons. The van der Waals surface area contributed by atoms with Gasteiger partial charge in [0.2, 0.25) is 5.89 Å². The van der Waals surface area contributed by atoms with Crippen molar-refractivity contribution in [1.82, 2.24) is 25.1 Å². The zero-order valence-electron chi connectivity index (χ0n) is 19.0. The Bertz CT molecular complexity index is 1220. The Morgan fingerprint density at radius 2 is 1.94 bits per heavy atom. The van der Waals surface area contributed by atoms with Crippen molar-refractivity contribution in [1.29, 1.82) is 0 Å². The summed E-state index contributed by atoms with van der Waals surface area (Å²) >= 11 is 1.47. The summed E-state index contributed by atoms with van der Waals surface area (Å²) in [6.07, 6.45) is 3.17. The van der Waals surface area contributed by atoms with E-state index in [1.165, 1.54) is 23.6 Å². The number of hydrogen-bond acceptors (Lipinski definition) is 6. The third-order valence-corrected chi connectivity index (χ3v) is 6.16.